The van der Waals surface area contributed by atoms with Crippen LogP contribution in [0.3, 0.4) is 0 Å². The summed E-state index contributed by atoms with van der Waals surface area (Å²) < 4.78 is 0.748. The minimum Gasteiger partial charge on any atom is -0.340 e. The topological polar surface area (TPSA) is 79.6 Å². The van der Waals surface area contributed by atoms with Crippen molar-refractivity contribution in [3.63, 3.8) is 0 Å². The van der Waals surface area contributed by atoms with E-state index in [0.29, 0.717) is 17.0 Å². The summed E-state index contributed by atoms with van der Waals surface area (Å²) in [6.07, 6.45) is 2.42. The molecule has 1 aromatic heterocycles. The summed E-state index contributed by atoms with van der Waals surface area (Å²) in [5.74, 6) is -0.195. The van der Waals surface area contributed by atoms with Gasteiger partial charge in [-0.1, -0.05) is 11.8 Å². The van der Waals surface area contributed by atoms with Crippen LogP contribution >= 0.6 is 23.1 Å². The van der Waals surface area contributed by atoms with Crippen LogP contribution in [0.25, 0.3) is 0 Å². The zero-order valence-electron chi connectivity index (χ0n) is 15.4. The molecular formula is C18H22N4O3S2. The molecule has 0 N–H and O–H groups in total. The highest BCUT2D eigenvalue weighted by Crippen LogP contribution is 2.36. The number of carbonyl (C=O) groups excluding carboxylic acids is 1. The van der Waals surface area contributed by atoms with Crippen molar-refractivity contribution in [1.82, 2.24) is 14.8 Å². The van der Waals surface area contributed by atoms with Crippen LogP contribution in [-0.4, -0.2) is 58.8 Å². The summed E-state index contributed by atoms with van der Waals surface area (Å²) in [7, 11) is 1.74. The second-order valence-electron chi connectivity index (χ2n) is 6.57. The maximum atomic E-state index is 12.7. The summed E-state index contributed by atoms with van der Waals surface area (Å²) >= 11 is 2.70. The molecule has 2 aromatic rings. The van der Waals surface area contributed by atoms with Crippen LogP contribution in [0.1, 0.15) is 28.9 Å². The molecule has 144 valence electrons. The molecule has 27 heavy (non-hydrogen) atoms. The smallest absolute Gasteiger partial charge is 0.284 e. The predicted octanol–water partition coefficient (Wildman–Crippen LogP) is 3.68. The number of carbonyl (C=O) groups is 1. The molecule has 3 rings (SSSR count). The van der Waals surface area contributed by atoms with E-state index in [0.717, 1.165) is 29.7 Å². The number of benzene rings is 1. The molecule has 0 unspecified atom stereocenters. The van der Waals surface area contributed by atoms with Crippen LogP contribution in [0.4, 0.5) is 5.69 Å². The highest BCUT2D eigenvalue weighted by atomic mass is 32.2. The monoisotopic (exact) mass is 406 g/mol. The highest BCUT2D eigenvalue weighted by Gasteiger charge is 2.21. The molecule has 1 saturated heterocycles. The fourth-order valence-electron chi connectivity index (χ4n) is 2.97. The van der Waals surface area contributed by atoms with Gasteiger partial charge in [-0.25, -0.2) is 4.98 Å². The normalized spacial score (nSPS) is 14.4. The molecule has 1 amide bonds. The van der Waals surface area contributed by atoms with Crippen molar-refractivity contribution in [2.75, 3.05) is 33.2 Å². The summed E-state index contributed by atoms with van der Waals surface area (Å²) in [4.78, 5) is 32.5. The van der Waals surface area contributed by atoms with E-state index in [1.54, 1.807) is 24.1 Å². The van der Waals surface area contributed by atoms with Gasteiger partial charge < -0.3 is 9.80 Å². The second kappa shape index (κ2) is 8.81. The zero-order valence-corrected chi connectivity index (χ0v) is 17.0. The van der Waals surface area contributed by atoms with Gasteiger partial charge in [0.2, 0.25) is 0 Å². The van der Waals surface area contributed by atoms with Gasteiger partial charge in [-0.3, -0.25) is 14.9 Å². The molecule has 0 atom stereocenters. The van der Waals surface area contributed by atoms with E-state index in [2.05, 4.69) is 9.88 Å². The standard InChI is InChI=1S/C18H22N4O3S2/c1-13-12-26-18(19-13)27-16-6-5-14(11-15(16)22(24)25)17(23)20(2)9-10-21-7-3-4-8-21/h5-6,11-12H,3-4,7-10H2,1-2H3. The Balaban J connectivity index is 1.72. The highest BCUT2D eigenvalue weighted by molar-refractivity contribution is 8.01. The van der Waals surface area contributed by atoms with Gasteiger partial charge in [0.05, 0.1) is 9.82 Å². The number of aromatic nitrogens is 1. The van der Waals surface area contributed by atoms with Gasteiger partial charge >= 0.3 is 0 Å². The third-order valence-corrected chi connectivity index (χ3v) is 6.62. The largest absolute Gasteiger partial charge is 0.340 e. The zero-order chi connectivity index (χ0) is 19.4. The van der Waals surface area contributed by atoms with Crippen molar-refractivity contribution in [1.29, 1.82) is 0 Å². The number of nitrogens with zero attached hydrogens (tertiary/aromatic N) is 4. The first-order valence-corrected chi connectivity index (χ1v) is 10.5. The molecule has 0 spiro atoms. The molecule has 2 heterocycles. The lowest BCUT2D eigenvalue weighted by Crippen LogP contribution is -2.35. The Morgan fingerprint density at radius 2 is 2.15 bits per heavy atom. The lowest BCUT2D eigenvalue weighted by molar-refractivity contribution is -0.387. The second-order valence-corrected chi connectivity index (χ2v) is 8.72. The number of aryl methyl sites for hydroxylation is 1. The van der Waals surface area contributed by atoms with E-state index in [1.165, 1.54) is 42.0 Å². The van der Waals surface area contributed by atoms with Gasteiger partial charge in [-0.2, -0.15) is 0 Å². The third kappa shape index (κ3) is 5.06. The molecule has 1 fully saturated rings. The Hall–Kier alpha value is -1.97. The van der Waals surface area contributed by atoms with Crippen molar-refractivity contribution in [2.24, 2.45) is 0 Å². The fourth-order valence-corrected chi connectivity index (χ4v) is 4.85. The fraction of sp³-hybridized carbons (Fsp3) is 0.444. The van der Waals surface area contributed by atoms with Crippen molar-refractivity contribution in [2.45, 2.75) is 29.0 Å². The molecular weight excluding hydrogens is 384 g/mol. The van der Waals surface area contributed by atoms with Crippen molar-refractivity contribution in [3.05, 3.63) is 45.0 Å². The Kier molecular flexibility index (Phi) is 6.46. The number of likely N-dealkylation sites (tertiary alicyclic amines) is 1. The lowest BCUT2D eigenvalue weighted by Gasteiger charge is -2.21. The number of rotatable bonds is 7. The van der Waals surface area contributed by atoms with Gasteiger partial charge in [0.25, 0.3) is 11.6 Å². The van der Waals surface area contributed by atoms with Gasteiger partial charge in [0, 0.05) is 42.8 Å². The number of amides is 1. The Morgan fingerprint density at radius 3 is 2.78 bits per heavy atom. The number of thiazole rings is 1. The predicted molar refractivity (Wildman–Crippen MR) is 107 cm³/mol. The van der Waals surface area contributed by atoms with Gasteiger partial charge in [0.1, 0.15) is 0 Å². The van der Waals surface area contributed by atoms with E-state index in [4.69, 9.17) is 0 Å². The number of likely N-dealkylation sites (N-methyl/N-ethyl adjacent to an activating group) is 1. The Bertz CT molecular complexity index is 834. The van der Waals surface area contributed by atoms with Gasteiger partial charge in [-0.05, 0) is 45.0 Å². The molecule has 7 nitrogen and oxygen atoms in total. The molecule has 0 radical (unpaired) electrons. The molecule has 9 heteroatoms. The first kappa shape index (κ1) is 19.8. The van der Waals surface area contributed by atoms with Crippen LogP contribution in [0.15, 0.2) is 32.8 Å². The minimum atomic E-state index is -0.441. The summed E-state index contributed by atoms with van der Waals surface area (Å²) in [5, 5.41) is 13.4. The van der Waals surface area contributed by atoms with Crippen LogP contribution in [0.2, 0.25) is 0 Å². The van der Waals surface area contributed by atoms with Crippen LogP contribution in [-0.2, 0) is 0 Å². The lowest BCUT2D eigenvalue weighted by atomic mass is 10.2. The molecule has 0 aliphatic carbocycles. The first-order valence-electron chi connectivity index (χ1n) is 8.80. The maximum absolute atomic E-state index is 12.7. The van der Waals surface area contributed by atoms with Crippen LogP contribution < -0.4 is 0 Å². The molecule has 0 bridgehead atoms. The number of nitro groups is 1. The minimum absolute atomic E-state index is 0.0633. The van der Waals surface area contributed by atoms with Gasteiger partial charge in [-0.15, -0.1) is 11.3 Å². The maximum Gasteiger partial charge on any atom is 0.284 e. The summed E-state index contributed by atoms with van der Waals surface area (Å²) in [6, 6.07) is 4.67. The molecule has 1 aromatic carbocycles. The summed E-state index contributed by atoms with van der Waals surface area (Å²) in [6.45, 7) is 5.49. The summed E-state index contributed by atoms with van der Waals surface area (Å²) in [5.41, 5.74) is 1.16. The SMILES string of the molecule is Cc1csc(Sc2ccc(C(=O)N(C)CCN3CCCC3)cc2[N+](=O)[O-])n1. The first-order chi connectivity index (χ1) is 12.9. The van der Waals surface area contributed by atoms with Crippen LogP contribution in [0, 0.1) is 17.0 Å². The van der Waals surface area contributed by atoms with E-state index < -0.39 is 4.92 Å². The van der Waals surface area contributed by atoms with Crippen molar-refractivity contribution >= 4 is 34.7 Å². The van der Waals surface area contributed by atoms with E-state index in [-0.39, 0.29) is 11.6 Å². The van der Waals surface area contributed by atoms with Crippen LogP contribution in [0.5, 0.6) is 0 Å². The van der Waals surface area contributed by atoms with Crippen molar-refractivity contribution in [3.8, 4) is 0 Å². The Morgan fingerprint density at radius 1 is 1.41 bits per heavy atom. The number of nitro benzene ring substituents is 1. The third-order valence-electron chi connectivity index (χ3n) is 4.49. The number of hydrogen-bond donors (Lipinski definition) is 0. The average Bonchev–Trinajstić information content (AvgIpc) is 3.31. The van der Waals surface area contributed by atoms with E-state index >= 15 is 0 Å². The van der Waals surface area contributed by atoms with Gasteiger partial charge in [0.15, 0.2) is 4.34 Å². The number of hydrogen-bond acceptors (Lipinski definition) is 7. The molecule has 1 aliphatic heterocycles. The van der Waals surface area contributed by atoms with E-state index in [9.17, 15) is 14.9 Å². The quantitative estimate of drug-likeness (QED) is 0.515. The van der Waals surface area contributed by atoms with E-state index in [1.807, 2.05) is 12.3 Å². The molecule has 1 aliphatic rings. The average molecular weight is 407 g/mol. The Labute approximate surface area is 166 Å². The molecule has 0 saturated carbocycles. The van der Waals surface area contributed by atoms with Crippen molar-refractivity contribution < 1.29 is 9.72 Å².